The lowest BCUT2D eigenvalue weighted by Crippen LogP contribution is -2.64. The van der Waals surface area contributed by atoms with Crippen LogP contribution in [0.25, 0.3) is 0 Å². The average molecular weight is 433 g/mol. The maximum Gasteiger partial charge on any atom is 0.310 e. The molecule has 0 spiro atoms. The molecule has 2 saturated carbocycles. The van der Waals surface area contributed by atoms with Crippen molar-refractivity contribution in [2.75, 3.05) is 13.7 Å². The van der Waals surface area contributed by atoms with Crippen molar-refractivity contribution in [1.82, 2.24) is 0 Å². The van der Waals surface area contributed by atoms with E-state index in [-0.39, 0.29) is 23.6 Å². The first kappa shape index (κ1) is 22.1. The number of rotatable bonds is 5. The van der Waals surface area contributed by atoms with Crippen molar-refractivity contribution in [3.8, 4) is 0 Å². The first-order valence-corrected chi connectivity index (χ1v) is 11.2. The molecule has 0 radical (unpaired) electrons. The van der Waals surface area contributed by atoms with E-state index in [1.54, 1.807) is 18.6 Å². The van der Waals surface area contributed by atoms with Crippen LogP contribution in [-0.2, 0) is 28.6 Å². The van der Waals surface area contributed by atoms with Crippen LogP contribution in [0, 0.1) is 28.6 Å². The minimum atomic E-state index is -0.664. The molecule has 0 aromatic carbocycles. The molecule has 7 nitrogen and oxygen atoms in total. The number of furan rings is 1. The van der Waals surface area contributed by atoms with Gasteiger partial charge in [-0.1, -0.05) is 20.8 Å². The van der Waals surface area contributed by atoms with Crippen LogP contribution in [0.3, 0.4) is 0 Å². The highest BCUT2D eigenvalue weighted by molar-refractivity contribution is 5.92. The van der Waals surface area contributed by atoms with E-state index in [4.69, 9.17) is 18.6 Å². The fraction of sp³-hybridized carbons (Fsp3) is 0.708. The van der Waals surface area contributed by atoms with Gasteiger partial charge < -0.3 is 18.6 Å². The standard InChI is InChI=1S/C24H32O7/c1-5-9-30-17-11-16(21(26)28-4)23(2)8-6-15-22(27)31-18(14-7-10-29-13-14)12-24(15,3)20(23)19(17)25/h7,10,13,15-18,20H,5-6,8-9,11-12H2,1-4H3/t15?,16-,17-,18+,20?,23-,24-/m0/s1. The van der Waals surface area contributed by atoms with E-state index in [1.165, 1.54) is 7.11 Å². The van der Waals surface area contributed by atoms with E-state index in [1.807, 2.05) is 20.8 Å². The largest absolute Gasteiger partial charge is 0.472 e. The first-order valence-electron chi connectivity index (χ1n) is 11.2. The molecule has 1 saturated heterocycles. The lowest BCUT2D eigenvalue weighted by molar-refractivity contribution is -0.209. The van der Waals surface area contributed by atoms with Crippen molar-refractivity contribution in [2.45, 2.75) is 65.1 Å². The number of methoxy groups -OCH3 is 1. The number of ketones is 1. The van der Waals surface area contributed by atoms with Gasteiger partial charge in [-0.05, 0) is 49.0 Å². The molecule has 0 N–H and O–H groups in total. The number of cyclic esters (lactones) is 1. The maximum absolute atomic E-state index is 13.8. The molecule has 7 atom stereocenters. The average Bonchev–Trinajstić information content (AvgIpc) is 3.26. The molecular formula is C24H32O7. The van der Waals surface area contributed by atoms with Crippen LogP contribution < -0.4 is 0 Å². The molecule has 0 amide bonds. The number of fused-ring (bicyclic) bond motifs is 3. The Hall–Kier alpha value is -2.15. The van der Waals surface area contributed by atoms with Gasteiger partial charge in [0, 0.05) is 18.1 Å². The number of Topliss-reactive ketones (excluding diaryl/α,β-unsaturated/α-hetero) is 1. The van der Waals surface area contributed by atoms with Gasteiger partial charge in [0.25, 0.3) is 0 Å². The molecule has 2 aliphatic carbocycles. The molecule has 4 rings (SSSR count). The maximum atomic E-state index is 13.8. The summed E-state index contributed by atoms with van der Waals surface area (Å²) < 4.78 is 22.0. The van der Waals surface area contributed by atoms with Crippen molar-refractivity contribution in [3.05, 3.63) is 24.2 Å². The van der Waals surface area contributed by atoms with Gasteiger partial charge in [-0.25, -0.2) is 0 Å². The van der Waals surface area contributed by atoms with E-state index in [0.717, 1.165) is 12.0 Å². The van der Waals surface area contributed by atoms with Crippen LogP contribution >= 0.6 is 0 Å². The predicted octanol–water partition coefficient (Wildman–Crippen LogP) is 3.86. The minimum Gasteiger partial charge on any atom is -0.472 e. The monoisotopic (exact) mass is 432 g/mol. The van der Waals surface area contributed by atoms with Crippen LogP contribution in [0.2, 0.25) is 0 Å². The molecule has 2 heterocycles. The van der Waals surface area contributed by atoms with Crippen LogP contribution in [0.4, 0.5) is 0 Å². The summed E-state index contributed by atoms with van der Waals surface area (Å²) in [5, 5.41) is 0. The Morgan fingerprint density at radius 3 is 2.68 bits per heavy atom. The first-order chi connectivity index (χ1) is 14.8. The highest BCUT2D eigenvalue weighted by Crippen LogP contribution is 2.65. The van der Waals surface area contributed by atoms with Crippen molar-refractivity contribution >= 4 is 17.7 Å². The molecule has 0 bridgehead atoms. The van der Waals surface area contributed by atoms with Crippen LogP contribution in [0.5, 0.6) is 0 Å². The lowest BCUT2D eigenvalue weighted by atomic mass is 9.43. The Morgan fingerprint density at radius 1 is 1.26 bits per heavy atom. The van der Waals surface area contributed by atoms with E-state index in [2.05, 4.69) is 0 Å². The second kappa shape index (κ2) is 8.08. The fourth-order valence-corrected chi connectivity index (χ4v) is 6.57. The summed E-state index contributed by atoms with van der Waals surface area (Å²) in [7, 11) is 1.39. The van der Waals surface area contributed by atoms with Gasteiger partial charge in [0.15, 0.2) is 5.78 Å². The summed E-state index contributed by atoms with van der Waals surface area (Å²) in [5.74, 6) is -1.92. The van der Waals surface area contributed by atoms with Gasteiger partial charge in [-0.15, -0.1) is 0 Å². The van der Waals surface area contributed by atoms with Crippen molar-refractivity contribution < 1.29 is 33.0 Å². The quantitative estimate of drug-likeness (QED) is 0.652. The molecule has 7 heteroatoms. The highest BCUT2D eigenvalue weighted by atomic mass is 16.5. The number of hydrogen-bond donors (Lipinski definition) is 0. The molecule has 1 aromatic heterocycles. The molecule has 31 heavy (non-hydrogen) atoms. The fourth-order valence-electron chi connectivity index (χ4n) is 6.57. The third-order valence-electron chi connectivity index (χ3n) is 8.03. The Morgan fingerprint density at radius 2 is 2.03 bits per heavy atom. The van der Waals surface area contributed by atoms with Gasteiger partial charge in [0.1, 0.15) is 12.2 Å². The van der Waals surface area contributed by atoms with Crippen molar-refractivity contribution in [1.29, 1.82) is 0 Å². The zero-order valence-corrected chi connectivity index (χ0v) is 18.7. The van der Waals surface area contributed by atoms with Crippen molar-refractivity contribution in [3.63, 3.8) is 0 Å². The smallest absolute Gasteiger partial charge is 0.310 e. The number of hydrogen-bond acceptors (Lipinski definition) is 7. The Kier molecular flexibility index (Phi) is 5.75. The van der Waals surface area contributed by atoms with Gasteiger partial charge in [0.05, 0.1) is 31.5 Å². The van der Waals surface area contributed by atoms with E-state index < -0.39 is 34.9 Å². The molecular weight excluding hydrogens is 400 g/mol. The van der Waals surface area contributed by atoms with E-state index >= 15 is 0 Å². The summed E-state index contributed by atoms with van der Waals surface area (Å²) in [6, 6.07) is 1.79. The van der Waals surface area contributed by atoms with Gasteiger partial charge in [-0.2, -0.15) is 0 Å². The zero-order chi connectivity index (χ0) is 22.4. The SMILES string of the molecule is CCCO[C@H]1C[C@@H](C(=O)OC)[C@]2(C)CCC3C(=O)O[C@@H](c4ccoc4)C[C@]3(C)C2C1=O. The topological polar surface area (TPSA) is 92.0 Å². The molecule has 1 aromatic rings. The number of carbonyl (C=O) groups excluding carboxylic acids is 3. The van der Waals surface area contributed by atoms with Gasteiger partial charge in [-0.3, -0.25) is 14.4 Å². The predicted molar refractivity (Wildman–Crippen MR) is 110 cm³/mol. The number of esters is 2. The summed E-state index contributed by atoms with van der Waals surface area (Å²) in [5.41, 5.74) is -0.464. The molecule has 2 unspecified atom stereocenters. The zero-order valence-electron chi connectivity index (χ0n) is 18.7. The summed E-state index contributed by atoms with van der Waals surface area (Å²) in [6.07, 6.45) is 4.78. The van der Waals surface area contributed by atoms with E-state index in [0.29, 0.717) is 32.3 Å². The molecule has 1 aliphatic heterocycles. The Bertz CT molecular complexity index is 846. The van der Waals surface area contributed by atoms with Crippen LogP contribution in [0.15, 0.2) is 23.0 Å². The number of ether oxygens (including phenoxy) is 3. The molecule has 170 valence electrons. The second-order valence-electron chi connectivity index (χ2n) is 9.80. The van der Waals surface area contributed by atoms with Gasteiger partial charge >= 0.3 is 11.9 Å². The summed E-state index contributed by atoms with van der Waals surface area (Å²) in [6.45, 7) is 6.47. The third-order valence-corrected chi connectivity index (χ3v) is 8.03. The Labute approximate surface area is 182 Å². The van der Waals surface area contributed by atoms with Crippen LogP contribution in [-0.4, -0.2) is 37.5 Å². The minimum absolute atomic E-state index is 0.00365. The highest BCUT2D eigenvalue weighted by Gasteiger charge is 2.67. The normalized spacial score (nSPS) is 39.9. The van der Waals surface area contributed by atoms with E-state index in [9.17, 15) is 14.4 Å². The second-order valence-corrected chi connectivity index (χ2v) is 9.80. The summed E-state index contributed by atoms with van der Waals surface area (Å²) >= 11 is 0. The lowest BCUT2D eigenvalue weighted by Gasteiger charge is -2.61. The summed E-state index contributed by atoms with van der Waals surface area (Å²) in [4.78, 5) is 39.7. The molecule has 3 fully saturated rings. The van der Waals surface area contributed by atoms with Crippen molar-refractivity contribution in [2.24, 2.45) is 28.6 Å². The van der Waals surface area contributed by atoms with Gasteiger partial charge in [0.2, 0.25) is 0 Å². The molecule has 3 aliphatic rings. The Balaban J connectivity index is 1.77. The van der Waals surface area contributed by atoms with Crippen LogP contribution in [0.1, 0.15) is 64.5 Å². The third kappa shape index (κ3) is 3.41. The number of carbonyl (C=O) groups is 3.